The SMILES string of the molecule is Cn1cc(-c2ccc3cnc(NC(=O)C4CCC(N5CCOCC5)CC4)cc3n2)cn1. The van der Waals surface area contributed by atoms with Gasteiger partial charge >= 0.3 is 0 Å². The summed E-state index contributed by atoms with van der Waals surface area (Å²) in [6.45, 7) is 3.67. The van der Waals surface area contributed by atoms with Crippen molar-refractivity contribution in [1.29, 1.82) is 0 Å². The highest BCUT2D eigenvalue weighted by molar-refractivity contribution is 5.93. The molecule has 1 aliphatic carbocycles. The van der Waals surface area contributed by atoms with Crippen molar-refractivity contribution in [3.05, 3.63) is 36.8 Å². The molecule has 0 radical (unpaired) electrons. The van der Waals surface area contributed by atoms with Gasteiger partial charge in [0.15, 0.2) is 0 Å². The number of fused-ring (bicyclic) bond motifs is 1. The summed E-state index contributed by atoms with van der Waals surface area (Å²) in [5.74, 6) is 0.670. The summed E-state index contributed by atoms with van der Waals surface area (Å²) < 4.78 is 7.22. The first kappa shape index (κ1) is 20.1. The molecule has 1 amide bonds. The Hall–Kier alpha value is -2.84. The molecule has 0 bridgehead atoms. The van der Waals surface area contributed by atoms with Gasteiger partial charge in [0.2, 0.25) is 5.91 Å². The molecule has 162 valence electrons. The normalized spacial score (nSPS) is 22.5. The van der Waals surface area contributed by atoms with Crippen LogP contribution in [0.1, 0.15) is 25.7 Å². The van der Waals surface area contributed by atoms with E-state index in [0.29, 0.717) is 11.9 Å². The third-order valence-electron chi connectivity index (χ3n) is 6.46. The van der Waals surface area contributed by atoms with Crippen LogP contribution >= 0.6 is 0 Å². The summed E-state index contributed by atoms with van der Waals surface area (Å²) in [6.07, 6.45) is 9.48. The average Bonchev–Trinajstić information content (AvgIpc) is 3.25. The average molecular weight is 421 g/mol. The molecule has 0 unspecified atom stereocenters. The standard InChI is InChI=1S/C23H28N6O2/c1-28-15-18(14-25-28)20-7-4-17-13-24-22(12-21(17)26-20)27-23(30)16-2-5-19(6-3-16)29-8-10-31-11-9-29/h4,7,12-16,19H,2-3,5-6,8-11H2,1H3,(H,24,27,30). The number of ether oxygens (including phenoxy) is 1. The molecule has 3 aromatic rings. The summed E-state index contributed by atoms with van der Waals surface area (Å²) in [4.78, 5) is 24.6. The first-order valence-corrected chi connectivity index (χ1v) is 11.0. The number of carbonyl (C=O) groups is 1. The largest absolute Gasteiger partial charge is 0.379 e. The summed E-state index contributed by atoms with van der Waals surface area (Å²) >= 11 is 0. The molecule has 3 aromatic heterocycles. The predicted octanol–water partition coefficient (Wildman–Crippen LogP) is 2.86. The number of aryl methyl sites for hydroxylation is 1. The number of anilines is 1. The van der Waals surface area contributed by atoms with Crippen molar-refractivity contribution in [2.45, 2.75) is 31.7 Å². The summed E-state index contributed by atoms with van der Waals surface area (Å²) in [6, 6.07) is 6.40. The second-order valence-corrected chi connectivity index (χ2v) is 8.50. The minimum absolute atomic E-state index is 0.0458. The van der Waals surface area contributed by atoms with E-state index in [0.717, 1.165) is 74.1 Å². The lowest BCUT2D eigenvalue weighted by Gasteiger charge is -2.38. The fraction of sp³-hybridized carbons (Fsp3) is 0.478. The van der Waals surface area contributed by atoms with Gasteiger partial charge in [-0.25, -0.2) is 9.97 Å². The molecule has 0 spiro atoms. The number of pyridine rings is 2. The van der Waals surface area contributed by atoms with Crippen LogP contribution in [0.5, 0.6) is 0 Å². The number of hydrogen-bond donors (Lipinski definition) is 1. The van der Waals surface area contributed by atoms with Crippen LogP contribution in [0.4, 0.5) is 5.82 Å². The third-order valence-corrected chi connectivity index (χ3v) is 6.46. The highest BCUT2D eigenvalue weighted by atomic mass is 16.5. The number of morpholine rings is 1. The van der Waals surface area contributed by atoms with Crippen molar-refractivity contribution < 1.29 is 9.53 Å². The Morgan fingerprint density at radius 3 is 2.68 bits per heavy atom. The van der Waals surface area contributed by atoms with Gasteiger partial charge in [0.1, 0.15) is 5.82 Å². The molecule has 8 heteroatoms. The highest BCUT2D eigenvalue weighted by Crippen LogP contribution is 2.29. The number of carbonyl (C=O) groups excluding carboxylic acids is 1. The Morgan fingerprint density at radius 2 is 1.94 bits per heavy atom. The van der Waals surface area contributed by atoms with Crippen LogP contribution in [0.2, 0.25) is 0 Å². The Kier molecular flexibility index (Phi) is 5.65. The van der Waals surface area contributed by atoms with Crippen molar-refractivity contribution in [3.8, 4) is 11.3 Å². The van der Waals surface area contributed by atoms with E-state index in [2.05, 4.69) is 20.3 Å². The van der Waals surface area contributed by atoms with E-state index in [4.69, 9.17) is 9.72 Å². The topological polar surface area (TPSA) is 85.2 Å². The van der Waals surface area contributed by atoms with Gasteiger partial charge in [-0.15, -0.1) is 0 Å². The van der Waals surface area contributed by atoms with Crippen LogP contribution in [0.25, 0.3) is 22.2 Å². The van der Waals surface area contributed by atoms with Crippen molar-refractivity contribution in [1.82, 2.24) is 24.6 Å². The van der Waals surface area contributed by atoms with E-state index in [9.17, 15) is 4.79 Å². The second kappa shape index (κ2) is 8.72. The van der Waals surface area contributed by atoms with Gasteiger partial charge in [0, 0.05) is 61.5 Å². The number of nitrogens with zero attached hydrogens (tertiary/aromatic N) is 5. The van der Waals surface area contributed by atoms with Crippen LogP contribution in [0, 0.1) is 5.92 Å². The van der Waals surface area contributed by atoms with Gasteiger partial charge in [-0.1, -0.05) is 0 Å². The molecular weight excluding hydrogens is 392 g/mol. The maximum absolute atomic E-state index is 12.9. The highest BCUT2D eigenvalue weighted by Gasteiger charge is 2.30. The van der Waals surface area contributed by atoms with Gasteiger partial charge in [-0.3, -0.25) is 14.4 Å². The lowest BCUT2D eigenvalue weighted by Crippen LogP contribution is -2.45. The summed E-state index contributed by atoms with van der Waals surface area (Å²) in [7, 11) is 1.89. The lowest BCUT2D eigenvalue weighted by molar-refractivity contribution is -0.121. The van der Waals surface area contributed by atoms with Gasteiger partial charge < -0.3 is 10.1 Å². The zero-order valence-electron chi connectivity index (χ0n) is 17.8. The maximum Gasteiger partial charge on any atom is 0.228 e. The molecule has 1 saturated heterocycles. The minimum atomic E-state index is 0.0458. The fourth-order valence-electron chi connectivity index (χ4n) is 4.67. The van der Waals surface area contributed by atoms with Crippen LogP contribution in [0.15, 0.2) is 36.8 Å². The van der Waals surface area contributed by atoms with E-state index in [1.807, 2.05) is 31.4 Å². The number of hydrogen-bond acceptors (Lipinski definition) is 6. The molecule has 0 aromatic carbocycles. The minimum Gasteiger partial charge on any atom is -0.379 e. The van der Waals surface area contributed by atoms with E-state index < -0.39 is 0 Å². The number of aromatic nitrogens is 4. The zero-order chi connectivity index (χ0) is 21.2. The summed E-state index contributed by atoms with van der Waals surface area (Å²) in [5, 5.41) is 8.18. The molecule has 1 saturated carbocycles. The van der Waals surface area contributed by atoms with E-state index in [-0.39, 0.29) is 11.8 Å². The Bertz CT molecular complexity index is 1070. The predicted molar refractivity (Wildman–Crippen MR) is 119 cm³/mol. The van der Waals surface area contributed by atoms with E-state index in [1.54, 1.807) is 17.1 Å². The molecule has 2 fully saturated rings. The van der Waals surface area contributed by atoms with Gasteiger partial charge in [-0.2, -0.15) is 5.10 Å². The lowest BCUT2D eigenvalue weighted by atomic mass is 9.84. The monoisotopic (exact) mass is 420 g/mol. The molecule has 0 atom stereocenters. The summed E-state index contributed by atoms with van der Waals surface area (Å²) in [5.41, 5.74) is 2.62. The molecule has 5 rings (SSSR count). The Morgan fingerprint density at radius 1 is 1.13 bits per heavy atom. The van der Waals surface area contributed by atoms with Crippen molar-refractivity contribution in [2.75, 3.05) is 31.6 Å². The number of nitrogens with one attached hydrogen (secondary N) is 1. The number of rotatable bonds is 4. The first-order valence-electron chi connectivity index (χ1n) is 11.0. The van der Waals surface area contributed by atoms with Crippen molar-refractivity contribution >= 4 is 22.6 Å². The molecule has 8 nitrogen and oxygen atoms in total. The van der Waals surface area contributed by atoms with Crippen molar-refractivity contribution in [3.63, 3.8) is 0 Å². The number of amides is 1. The Balaban J connectivity index is 1.24. The van der Waals surface area contributed by atoms with Gasteiger partial charge in [0.05, 0.1) is 30.6 Å². The molecule has 31 heavy (non-hydrogen) atoms. The molecule has 4 heterocycles. The van der Waals surface area contributed by atoms with Gasteiger partial charge in [-0.05, 0) is 37.8 Å². The van der Waals surface area contributed by atoms with Crippen LogP contribution < -0.4 is 5.32 Å². The Labute approximate surface area is 181 Å². The van der Waals surface area contributed by atoms with Crippen LogP contribution in [0.3, 0.4) is 0 Å². The van der Waals surface area contributed by atoms with E-state index in [1.165, 1.54) is 0 Å². The third kappa shape index (κ3) is 4.45. The smallest absolute Gasteiger partial charge is 0.228 e. The molecular formula is C23H28N6O2. The molecule has 2 aliphatic rings. The first-order chi connectivity index (χ1) is 15.2. The zero-order valence-corrected chi connectivity index (χ0v) is 17.8. The molecule has 1 N–H and O–H groups in total. The van der Waals surface area contributed by atoms with Crippen molar-refractivity contribution in [2.24, 2.45) is 13.0 Å². The van der Waals surface area contributed by atoms with Crippen LogP contribution in [-0.4, -0.2) is 62.9 Å². The molecule has 1 aliphatic heterocycles. The van der Waals surface area contributed by atoms with Crippen LogP contribution in [-0.2, 0) is 16.6 Å². The fourth-order valence-corrected chi connectivity index (χ4v) is 4.67. The van der Waals surface area contributed by atoms with Gasteiger partial charge in [0.25, 0.3) is 0 Å². The van der Waals surface area contributed by atoms with E-state index >= 15 is 0 Å². The maximum atomic E-state index is 12.9. The quantitative estimate of drug-likeness (QED) is 0.699. The second-order valence-electron chi connectivity index (χ2n) is 8.50.